The molecule has 0 spiro atoms. The van der Waals surface area contributed by atoms with E-state index in [0.717, 1.165) is 11.0 Å². The summed E-state index contributed by atoms with van der Waals surface area (Å²) in [5.41, 5.74) is 0.0203. The zero-order valence-electron chi connectivity index (χ0n) is 10.5. The summed E-state index contributed by atoms with van der Waals surface area (Å²) < 4.78 is 22.8. The quantitative estimate of drug-likeness (QED) is 0.599. The van der Waals surface area contributed by atoms with Gasteiger partial charge in [0.2, 0.25) is 0 Å². The van der Waals surface area contributed by atoms with Crippen LogP contribution in [-0.2, 0) is 10.0 Å². The van der Waals surface area contributed by atoms with E-state index in [1.807, 2.05) is 13.8 Å². The van der Waals surface area contributed by atoms with Crippen molar-refractivity contribution in [2.45, 2.75) is 18.7 Å². The van der Waals surface area contributed by atoms with Gasteiger partial charge in [0, 0.05) is 19.2 Å². The monoisotopic (exact) mass is 289 g/mol. The predicted molar refractivity (Wildman–Crippen MR) is 68.8 cm³/mol. The third-order valence-corrected chi connectivity index (χ3v) is 3.79. The highest BCUT2D eigenvalue weighted by Crippen LogP contribution is 2.30. The SMILES string of the molecule is CCN(CC)c1ccc(S(=O)(=O)NO)cc1[N+](=O)[O-]. The van der Waals surface area contributed by atoms with Gasteiger partial charge in [0.15, 0.2) is 0 Å². The van der Waals surface area contributed by atoms with E-state index in [2.05, 4.69) is 0 Å². The second-order valence-electron chi connectivity index (χ2n) is 3.67. The van der Waals surface area contributed by atoms with Crippen molar-refractivity contribution in [3.63, 3.8) is 0 Å². The molecule has 0 bridgehead atoms. The van der Waals surface area contributed by atoms with Gasteiger partial charge in [0.05, 0.1) is 9.82 Å². The number of sulfonamides is 1. The first-order chi connectivity index (χ1) is 8.87. The first-order valence-electron chi connectivity index (χ1n) is 5.56. The van der Waals surface area contributed by atoms with Gasteiger partial charge in [-0.25, -0.2) is 8.42 Å². The van der Waals surface area contributed by atoms with Gasteiger partial charge in [0.1, 0.15) is 5.69 Å². The molecular formula is C10H15N3O5S. The Bertz CT molecular complexity index is 569. The summed E-state index contributed by atoms with van der Waals surface area (Å²) in [6.45, 7) is 4.80. The van der Waals surface area contributed by atoms with E-state index in [0.29, 0.717) is 18.8 Å². The molecule has 0 aromatic heterocycles. The van der Waals surface area contributed by atoms with Crippen molar-refractivity contribution in [2.24, 2.45) is 0 Å². The molecule has 0 unspecified atom stereocenters. The van der Waals surface area contributed by atoms with Crippen LogP contribution in [0.2, 0.25) is 0 Å². The number of rotatable bonds is 6. The number of nitrogens with zero attached hydrogens (tertiary/aromatic N) is 2. The summed E-state index contributed by atoms with van der Waals surface area (Å²) in [6, 6.07) is 3.49. The molecule has 9 heteroatoms. The molecular weight excluding hydrogens is 274 g/mol. The fourth-order valence-corrected chi connectivity index (χ4v) is 2.32. The Morgan fingerprint density at radius 2 is 1.95 bits per heavy atom. The van der Waals surface area contributed by atoms with Crippen molar-refractivity contribution in [1.82, 2.24) is 4.89 Å². The molecule has 2 N–H and O–H groups in total. The van der Waals surface area contributed by atoms with Crippen LogP contribution in [0.4, 0.5) is 11.4 Å². The van der Waals surface area contributed by atoms with Crippen LogP contribution in [-0.4, -0.2) is 31.6 Å². The van der Waals surface area contributed by atoms with Crippen LogP contribution in [0.5, 0.6) is 0 Å². The number of hydrogen-bond donors (Lipinski definition) is 2. The first kappa shape index (κ1) is 15.3. The minimum Gasteiger partial charge on any atom is -0.367 e. The lowest BCUT2D eigenvalue weighted by molar-refractivity contribution is -0.384. The fourth-order valence-electron chi connectivity index (χ4n) is 1.70. The number of nitrogens with one attached hydrogen (secondary N) is 1. The maximum Gasteiger partial charge on any atom is 0.293 e. The smallest absolute Gasteiger partial charge is 0.293 e. The maximum atomic E-state index is 11.4. The third-order valence-electron chi connectivity index (χ3n) is 2.68. The van der Waals surface area contributed by atoms with Crippen molar-refractivity contribution >= 4 is 21.4 Å². The molecule has 1 aromatic carbocycles. The fraction of sp³-hybridized carbons (Fsp3) is 0.400. The minimum atomic E-state index is -4.13. The van der Waals surface area contributed by atoms with E-state index in [9.17, 15) is 18.5 Å². The van der Waals surface area contributed by atoms with E-state index >= 15 is 0 Å². The molecule has 0 aliphatic rings. The molecule has 0 amide bonds. The van der Waals surface area contributed by atoms with E-state index in [1.54, 1.807) is 4.90 Å². The van der Waals surface area contributed by atoms with Crippen LogP contribution in [0.15, 0.2) is 23.1 Å². The highest BCUT2D eigenvalue weighted by atomic mass is 32.2. The summed E-state index contributed by atoms with van der Waals surface area (Å²) in [7, 11) is -4.13. The number of anilines is 1. The van der Waals surface area contributed by atoms with E-state index in [-0.39, 0.29) is 10.6 Å². The molecule has 0 radical (unpaired) electrons. The topological polar surface area (TPSA) is 113 Å². The van der Waals surface area contributed by atoms with Crippen molar-refractivity contribution < 1.29 is 18.5 Å². The van der Waals surface area contributed by atoms with E-state index in [1.165, 1.54) is 12.1 Å². The summed E-state index contributed by atoms with van der Waals surface area (Å²) in [4.78, 5) is 12.9. The lowest BCUT2D eigenvalue weighted by Gasteiger charge is -2.20. The molecule has 19 heavy (non-hydrogen) atoms. The maximum absolute atomic E-state index is 11.4. The Hall–Kier alpha value is -1.71. The second kappa shape index (κ2) is 5.95. The van der Waals surface area contributed by atoms with Gasteiger partial charge in [-0.1, -0.05) is 4.89 Å². The van der Waals surface area contributed by atoms with E-state index in [4.69, 9.17) is 5.21 Å². The minimum absolute atomic E-state index is 0.319. The van der Waals surface area contributed by atoms with Crippen LogP contribution in [0, 0.1) is 10.1 Å². The molecule has 1 rings (SSSR count). The second-order valence-corrected chi connectivity index (χ2v) is 5.34. The number of hydrogen-bond acceptors (Lipinski definition) is 6. The van der Waals surface area contributed by atoms with Crippen LogP contribution in [0.3, 0.4) is 0 Å². The van der Waals surface area contributed by atoms with Gasteiger partial charge >= 0.3 is 0 Å². The van der Waals surface area contributed by atoms with Crippen molar-refractivity contribution in [1.29, 1.82) is 0 Å². The Balaban J connectivity index is 3.42. The van der Waals surface area contributed by atoms with Gasteiger partial charge in [0.25, 0.3) is 15.7 Å². The highest BCUT2D eigenvalue weighted by molar-refractivity contribution is 7.89. The molecule has 0 heterocycles. The summed E-state index contributed by atoms with van der Waals surface area (Å²) in [6.07, 6.45) is 0. The third kappa shape index (κ3) is 3.19. The van der Waals surface area contributed by atoms with Gasteiger partial charge in [-0.15, -0.1) is 0 Å². The molecule has 0 fully saturated rings. The molecule has 0 aliphatic heterocycles. The molecule has 0 saturated heterocycles. The number of nitro benzene ring substituents is 1. The predicted octanol–water partition coefficient (Wildman–Crippen LogP) is 1.11. The summed E-state index contributed by atoms with van der Waals surface area (Å²) in [5.74, 6) is 0. The van der Waals surface area contributed by atoms with Crippen LogP contribution in [0.25, 0.3) is 0 Å². The highest BCUT2D eigenvalue weighted by Gasteiger charge is 2.23. The standard InChI is InChI=1S/C10H15N3O5S/c1-3-12(4-2)9-6-5-8(19(17,18)11-14)7-10(9)13(15)16/h5-7,11,14H,3-4H2,1-2H3. The molecule has 1 aromatic rings. The van der Waals surface area contributed by atoms with Crippen LogP contribution >= 0.6 is 0 Å². The lowest BCUT2D eigenvalue weighted by Crippen LogP contribution is -2.24. The average molecular weight is 289 g/mol. The van der Waals surface area contributed by atoms with Crippen LogP contribution < -0.4 is 9.79 Å². The zero-order chi connectivity index (χ0) is 14.6. The lowest BCUT2D eigenvalue weighted by atomic mass is 10.2. The molecule has 0 atom stereocenters. The summed E-state index contributed by atoms with van der Waals surface area (Å²) in [5, 5.41) is 19.6. The Kier molecular flexibility index (Phi) is 4.81. The van der Waals surface area contributed by atoms with Gasteiger partial charge in [-0.2, -0.15) is 0 Å². The van der Waals surface area contributed by atoms with Gasteiger partial charge in [-0.3, -0.25) is 10.1 Å². The summed E-state index contributed by atoms with van der Waals surface area (Å²) >= 11 is 0. The number of nitro groups is 1. The van der Waals surface area contributed by atoms with Crippen LogP contribution in [0.1, 0.15) is 13.8 Å². The van der Waals surface area contributed by atoms with E-state index < -0.39 is 14.9 Å². The Labute approximate surface area is 110 Å². The molecule has 106 valence electrons. The van der Waals surface area contributed by atoms with Crippen molar-refractivity contribution in [3.8, 4) is 0 Å². The average Bonchev–Trinajstić information content (AvgIpc) is 2.40. The van der Waals surface area contributed by atoms with Gasteiger partial charge in [-0.05, 0) is 26.0 Å². The molecule has 8 nitrogen and oxygen atoms in total. The van der Waals surface area contributed by atoms with Crippen molar-refractivity contribution in [2.75, 3.05) is 18.0 Å². The zero-order valence-corrected chi connectivity index (χ0v) is 11.3. The van der Waals surface area contributed by atoms with Gasteiger partial charge < -0.3 is 10.1 Å². The molecule has 0 saturated carbocycles. The first-order valence-corrected chi connectivity index (χ1v) is 7.05. The Morgan fingerprint density at radius 3 is 2.37 bits per heavy atom. The normalized spacial score (nSPS) is 11.3. The largest absolute Gasteiger partial charge is 0.367 e. The Morgan fingerprint density at radius 1 is 1.37 bits per heavy atom. The van der Waals surface area contributed by atoms with Crippen molar-refractivity contribution in [3.05, 3.63) is 28.3 Å². The molecule has 0 aliphatic carbocycles. The number of benzene rings is 1.